The number of nitrogens with one attached hydrogen (secondary N) is 2. The van der Waals surface area contributed by atoms with Gasteiger partial charge in [0.25, 0.3) is 5.91 Å². The topological polar surface area (TPSA) is 115 Å². The van der Waals surface area contributed by atoms with E-state index in [1.54, 1.807) is 26.0 Å². The summed E-state index contributed by atoms with van der Waals surface area (Å²) in [6, 6.07) is 5.37. The zero-order valence-electron chi connectivity index (χ0n) is 18.0. The molecule has 0 spiro atoms. The van der Waals surface area contributed by atoms with Crippen LogP contribution in [0.2, 0.25) is 0 Å². The van der Waals surface area contributed by atoms with Crippen molar-refractivity contribution in [3.05, 3.63) is 57.4 Å². The Morgan fingerprint density at radius 3 is 2.20 bits per heavy atom. The van der Waals surface area contributed by atoms with Crippen LogP contribution >= 0.6 is 0 Å². The third-order valence-corrected chi connectivity index (χ3v) is 4.63. The molecular weight excluding hydrogens is 388 g/mol. The second-order valence-corrected chi connectivity index (χ2v) is 7.17. The number of methoxy groups -OCH3 is 1. The number of aromatic amines is 1. The van der Waals surface area contributed by atoms with Crippen molar-refractivity contribution in [1.29, 1.82) is 0 Å². The quantitative estimate of drug-likeness (QED) is 0.532. The van der Waals surface area contributed by atoms with E-state index >= 15 is 0 Å². The molecule has 8 heteroatoms. The fraction of sp³-hybridized carbons (Fsp3) is 0.364. The summed E-state index contributed by atoms with van der Waals surface area (Å²) in [6.45, 7) is 8.07. The van der Waals surface area contributed by atoms with Crippen LogP contribution in [-0.2, 0) is 14.3 Å². The average molecular weight is 414 g/mol. The van der Waals surface area contributed by atoms with Crippen molar-refractivity contribution in [2.75, 3.05) is 13.7 Å². The first-order valence-electron chi connectivity index (χ1n) is 9.42. The van der Waals surface area contributed by atoms with Crippen molar-refractivity contribution in [2.24, 2.45) is 0 Å². The molecule has 0 fully saturated rings. The van der Waals surface area contributed by atoms with Gasteiger partial charge in [0.1, 0.15) is 6.54 Å². The summed E-state index contributed by atoms with van der Waals surface area (Å²) in [6.07, 6.45) is -1.10. The summed E-state index contributed by atoms with van der Waals surface area (Å²) in [7, 11) is 1.26. The van der Waals surface area contributed by atoms with Crippen molar-refractivity contribution < 1.29 is 28.7 Å². The lowest BCUT2D eigenvalue weighted by Gasteiger charge is -2.13. The molecule has 2 N–H and O–H groups in total. The van der Waals surface area contributed by atoms with Crippen LogP contribution < -0.4 is 5.32 Å². The van der Waals surface area contributed by atoms with Crippen LogP contribution in [0.3, 0.4) is 0 Å². The van der Waals surface area contributed by atoms with Crippen LogP contribution in [0.4, 0.5) is 0 Å². The maximum Gasteiger partial charge on any atom is 0.339 e. The Labute approximate surface area is 175 Å². The molecule has 1 amide bonds. The van der Waals surface area contributed by atoms with Gasteiger partial charge in [-0.2, -0.15) is 0 Å². The average Bonchev–Trinajstić information content (AvgIpc) is 2.98. The van der Waals surface area contributed by atoms with Gasteiger partial charge >= 0.3 is 11.9 Å². The molecule has 0 aliphatic carbocycles. The van der Waals surface area contributed by atoms with Gasteiger partial charge in [-0.1, -0.05) is 17.2 Å². The lowest BCUT2D eigenvalue weighted by Crippen LogP contribution is -2.34. The van der Waals surface area contributed by atoms with E-state index in [1.165, 1.54) is 14.0 Å². The van der Waals surface area contributed by atoms with E-state index in [0.717, 1.165) is 11.1 Å². The van der Waals surface area contributed by atoms with Gasteiger partial charge in [0.05, 0.1) is 18.4 Å². The van der Waals surface area contributed by atoms with E-state index in [-0.39, 0.29) is 17.8 Å². The maximum absolute atomic E-state index is 12.7. The number of Topliss-reactive ketones (excluding diaryl/α,β-unsaturated/α-hetero) is 1. The normalized spacial score (nSPS) is 11.5. The molecule has 2 aromatic rings. The third-order valence-electron chi connectivity index (χ3n) is 4.63. The summed E-state index contributed by atoms with van der Waals surface area (Å²) in [5.41, 5.74) is 3.68. The first-order valence-corrected chi connectivity index (χ1v) is 9.42. The number of amides is 1. The Morgan fingerprint density at radius 1 is 1.03 bits per heavy atom. The van der Waals surface area contributed by atoms with Crippen molar-refractivity contribution >= 4 is 23.6 Å². The summed E-state index contributed by atoms with van der Waals surface area (Å²) < 4.78 is 9.88. The predicted molar refractivity (Wildman–Crippen MR) is 110 cm³/mol. The summed E-state index contributed by atoms with van der Waals surface area (Å²) in [5, 5.41) is 2.49. The minimum atomic E-state index is -1.10. The maximum atomic E-state index is 12.7. The number of H-pyrrole nitrogens is 1. The number of aryl methyl sites for hydroxylation is 3. The second-order valence-electron chi connectivity index (χ2n) is 7.17. The van der Waals surface area contributed by atoms with Crippen LogP contribution in [-0.4, -0.2) is 48.4 Å². The highest BCUT2D eigenvalue weighted by atomic mass is 16.5. The number of carbonyl (C=O) groups is 4. The molecule has 2 rings (SSSR count). The van der Waals surface area contributed by atoms with Gasteiger partial charge < -0.3 is 19.8 Å². The monoisotopic (exact) mass is 414 g/mol. The van der Waals surface area contributed by atoms with Crippen LogP contribution in [0.5, 0.6) is 0 Å². The van der Waals surface area contributed by atoms with Crippen LogP contribution in [0, 0.1) is 27.7 Å². The van der Waals surface area contributed by atoms with E-state index in [4.69, 9.17) is 9.47 Å². The molecule has 0 unspecified atom stereocenters. The number of hydrogen-bond donors (Lipinski definition) is 2. The number of esters is 2. The van der Waals surface area contributed by atoms with E-state index in [1.807, 2.05) is 19.9 Å². The van der Waals surface area contributed by atoms with Crippen LogP contribution in [0.15, 0.2) is 18.2 Å². The van der Waals surface area contributed by atoms with Gasteiger partial charge in [0.2, 0.25) is 5.78 Å². The van der Waals surface area contributed by atoms with E-state index in [0.29, 0.717) is 16.8 Å². The molecule has 8 nitrogen and oxygen atoms in total. The van der Waals surface area contributed by atoms with Gasteiger partial charge in [-0.05, 0) is 52.3 Å². The fourth-order valence-electron chi connectivity index (χ4n) is 3.26. The Kier molecular flexibility index (Phi) is 7.15. The molecule has 1 atom stereocenters. The number of rotatable bonds is 7. The van der Waals surface area contributed by atoms with Crippen molar-refractivity contribution in [3.63, 3.8) is 0 Å². The Bertz CT molecular complexity index is 985. The van der Waals surface area contributed by atoms with Crippen molar-refractivity contribution in [1.82, 2.24) is 10.3 Å². The van der Waals surface area contributed by atoms with Crippen molar-refractivity contribution in [3.8, 4) is 0 Å². The van der Waals surface area contributed by atoms with Gasteiger partial charge in [-0.25, -0.2) is 4.79 Å². The standard InChI is InChI=1S/C22H26N2O6/c1-11-7-12(2)9-16(8-11)21(27)23-10-17(25)30-15(5)20(26)19-13(3)18(14(4)24-19)22(28)29-6/h7-9,15,24H,10H2,1-6H3,(H,23,27)/t15-/m0/s1. The lowest BCUT2D eigenvalue weighted by molar-refractivity contribution is -0.145. The molecular formula is C22H26N2O6. The molecule has 0 radical (unpaired) electrons. The highest BCUT2D eigenvalue weighted by Crippen LogP contribution is 2.20. The zero-order valence-corrected chi connectivity index (χ0v) is 18.0. The molecule has 30 heavy (non-hydrogen) atoms. The highest BCUT2D eigenvalue weighted by Gasteiger charge is 2.27. The predicted octanol–water partition coefficient (Wildman–Crippen LogP) is 2.58. The lowest BCUT2D eigenvalue weighted by atomic mass is 10.1. The van der Waals surface area contributed by atoms with Crippen LogP contribution in [0.25, 0.3) is 0 Å². The van der Waals surface area contributed by atoms with Crippen LogP contribution in [0.1, 0.15) is 60.5 Å². The number of hydrogen-bond acceptors (Lipinski definition) is 6. The molecule has 1 aromatic carbocycles. The third kappa shape index (κ3) is 5.14. The summed E-state index contributed by atoms with van der Waals surface area (Å²) in [5.74, 6) is -2.20. The van der Waals surface area contributed by atoms with E-state index in [2.05, 4.69) is 10.3 Å². The minimum Gasteiger partial charge on any atom is -0.465 e. The highest BCUT2D eigenvalue weighted by molar-refractivity contribution is 6.04. The SMILES string of the molecule is COC(=O)c1c(C)[nH]c(C(=O)[C@H](C)OC(=O)CNC(=O)c2cc(C)cc(C)c2)c1C. The molecule has 0 saturated carbocycles. The molecule has 160 valence electrons. The van der Waals surface area contributed by atoms with Gasteiger partial charge in [0, 0.05) is 11.3 Å². The van der Waals surface area contributed by atoms with Crippen molar-refractivity contribution in [2.45, 2.75) is 40.7 Å². The fourth-order valence-corrected chi connectivity index (χ4v) is 3.26. The molecule has 0 aliphatic rings. The number of carbonyl (C=O) groups excluding carboxylic acids is 4. The number of benzene rings is 1. The number of ketones is 1. The minimum absolute atomic E-state index is 0.174. The first kappa shape index (κ1) is 22.9. The number of ether oxygens (including phenoxy) is 2. The second kappa shape index (κ2) is 9.39. The molecule has 1 heterocycles. The molecule has 0 bridgehead atoms. The van der Waals surface area contributed by atoms with E-state index < -0.39 is 29.7 Å². The van der Waals surface area contributed by atoms with E-state index in [9.17, 15) is 19.2 Å². The van der Waals surface area contributed by atoms with Gasteiger partial charge in [-0.3, -0.25) is 14.4 Å². The molecule has 0 aliphatic heterocycles. The Balaban J connectivity index is 1.99. The van der Waals surface area contributed by atoms with Gasteiger partial charge in [-0.15, -0.1) is 0 Å². The smallest absolute Gasteiger partial charge is 0.339 e. The molecule has 0 saturated heterocycles. The Hall–Kier alpha value is -3.42. The largest absolute Gasteiger partial charge is 0.465 e. The summed E-state index contributed by atoms with van der Waals surface area (Å²) >= 11 is 0. The first-order chi connectivity index (χ1) is 14.0. The summed E-state index contributed by atoms with van der Waals surface area (Å²) in [4.78, 5) is 51.7. The zero-order chi connectivity index (χ0) is 22.6. The molecule has 1 aromatic heterocycles. The van der Waals surface area contributed by atoms with Gasteiger partial charge in [0.15, 0.2) is 6.10 Å². The number of aromatic nitrogens is 1. The Morgan fingerprint density at radius 2 is 1.63 bits per heavy atom.